The Morgan fingerprint density at radius 3 is 2.89 bits per heavy atom. The van der Waals surface area contributed by atoms with Gasteiger partial charge < -0.3 is 10.5 Å². The molecule has 0 bridgehead atoms. The summed E-state index contributed by atoms with van der Waals surface area (Å²) in [6.07, 6.45) is 9.41. The molecular formula is C15H24N2O. The van der Waals surface area contributed by atoms with Gasteiger partial charge in [0.05, 0.1) is 12.7 Å². The molecule has 3 heteroatoms. The standard InChI is InChI=1S/C15H24N2O/c16-12-13-6-2-1-3-8-15(13)18-11-9-14-7-4-5-10-17-14/h4-5,7,10,13,15H,1-3,6,8-9,11-12,16H2. The molecule has 2 atom stereocenters. The molecule has 0 radical (unpaired) electrons. The second-order valence-electron chi connectivity index (χ2n) is 5.11. The lowest BCUT2D eigenvalue weighted by Crippen LogP contribution is -2.30. The van der Waals surface area contributed by atoms with Crippen LogP contribution in [0.25, 0.3) is 0 Å². The molecule has 0 saturated heterocycles. The zero-order chi connectivity index (χ0) is 12.6. The lowest BCUT2D eigenvalue weighted by molar-refractivity contribution is 0.0119. The Kier molecular flexibility index (Phi) is 5.62. The second kappa shape index (κ2) is 7.49. The van der Waals surface area contributed by atoms with Crippen LogP contribution in [0.15, 0.2) is 24.4 Å². The fourth-order valence-electron chi connectivity index (χ4n) is 2.70. The van der Waals surface area contributed by atoms with E-state index in [4.69, 9.17) is 10.5 Å². The van der Waals surface area contributed by atoms with Crippen molar-refractivity contribution >= 4 is 0 Å². The number of pyridine rings is 1. The van der Waals surface area contributed by atoms with Gasteiger partial charge in [0.2, 0.25) is 0 Å². The molecule has 3 nitrogen and oxygen atoms in total. The van der Waals surface area contributed by atoms with Gasteiger partial charge in [0.15, 0.2) is 0 Å². The normalized spacial score (nSPS) is 24.7. The van der Waals surface area contributed by atoms with E-state index in [0.29, 0.717) is 12.0 Å². The van der Waals surface area contributed by atoms with Gasteiger partial charge in [-0.05, 0) is 37.4 Å². The average molecular weight is 248 g/mol. The molecule has 2 rings (SSSR count). The largest absolute Gasteiger partial charge is 0.377 e. The average Bonchev–Trinajstić information content (AvgIpc) is 2.65. The third-order valence-corrected chi connectivity index (χ3v) is 3.81. The predicted molar refractivity (Wildman–Crippen MR) is 73.3 cm³/mol. The lowest BCUT2D eigenvalue weighted by atomic mass is 9.97. The van der Waals surface area contributed by atoms with E-state index in [0.717, 1.165) is 25.3 Å². The summed E-state index contributed by atoms with van der Waals surface area (Å²) in [5, 5.41) is 0. The number of ether oxygens (including phenoxy) is 1. The first-order valence-electron chi connectivity index (χ1n) is 7.11. The van der Waals surface area contributed by atoms with Crippen LogP contribution in [0.3, 0.4) is 0 Å². The van der Waals surface area contributed by atoms with E-state index in [9.17, 15) is 0 Å². The van der Waals surface area contributed by atoms with Crippen molar-refractivity contribution in [3.8, 4) is 0 Å². The molecule has 1 aromatic heterocycles. The van der Waals surface area contributed by atoms with E-state index in [1.807, 2.05) is 18.3 Å². The van der Waals surface area contributed by atoms with Crippen LogP contribution < -0.4 is 5.73 Å². The molecule has 0 aromatic carbocycles. The summed E-state index contributed by atoms with van der Waals surface area (Å²) in [6, 6.07) is 6.02. The second-order valence-corrected chi connectivity index (χ2v) is 5.11. The maximum atomic E-state index is 6.05. The van der Waals surface area contributed by atoms with Gasteiger partial charge in [-0.15, -0.1) is 0 Å². The van der Waals surface area contributed by atoms with Gasteiger partial charge in [-0.25, -0.2) is 0 Å². The molecule has 1 fully saturated rings. The van der Waals surface area contributed by atoms with Crippen molar-refractivity contribution in [3.63, 3.8) is 0 Å². The minimum Gasteiger partial charge on any atom is -0.377 e. The van der Waals surface area contributed by atoms with Crippen molar-refractivity contribution in [1.29, 1.82) is 0 Å². The van der Waals surface area contributed by atoms with Crippen molar-refractivity contribution in [2.75, 3.05) is 13.2 Å². The Bertz CT molecular complexity index is 329. The molecule has 2 unspecified atom stereocenters. The van der Waals surface area contributed by atoms with E-state index in [2.05, 4.69) is 11.1 Å². The summed E-state index contributed by atoms with van der Waals surface area (Å²) in [5.41, 5.74) is 6.96. The Morgan fingerprint density at radius 1 is 1.22 bits per heavy atom. The van der Waals surface area contributed by atoms with Gasteiger partial charge in [-0.1, -0.05) is 25.3 Å². The minimum absolute atomic E-state index is 0.362. The van der Waals surface area contributed by atoms with E-state index in [-0.39, 0.29) is 0 Å². The lowest BCUT2D eigenvalue weighted by Gasteiger charge is -2.24. The minimum atomic E-state index is 0.362. The summed E-state index contributed by atoms with van der Waals surface area (Å²) >= 11 is 0. The maximum Gasteiger partial charge on any atom is 0.0615 e. The number of aromatic nitrogens is 1. The topological polar surface area (TPSA) is 48.1 Å². The fraction of sp³-hybridized carbons (Fsp3) is 0.667. The first kappa shape index (κ1) is 13.5. The summed E-state index contributed by atoms with van der Waals surface area (Å²) in [6.45, 7) is 1.52. The quantitative estimate of drug-likeness (QED) is 0.815. The van der Waals surface area contributed by atoms with Crippen LogP contribution in [-0.2, 0) is 11.2 Å². The van der Waals surface area contributed by atoms with E-state index in [1.165, 1.54) is 32.1 Å². The molecular weight excluding hydrogens is 224 g/mol. The zero-order valence-corrected chi connectivity index (χ0v) is 11.1. The molecule has 18 heavy (non-hydrogen) atoms. The Balaban J connectivity index is 1.77. The SMILES string of the molecule is NCC1CCCCCC1OCCc1ccccn1. The summed E-state index contributed by atoms with van der Waals surface area (Å²) in [4.78, 5) is 4.31. The zero-order valence-electron chi connectivity index (χ0n) is 11.1. The van der Waals surface area contributed by atoms with Crippen LogP contribution in [0.2, 0.25) is 0 Å². The van der Waals surface area contributed by atoms with E-state index >= 15 is 0 Å². The highest BCUT2D eigenvalue weighted by molar-refractivity contribution is 5.03. The van der Waals surface area contributed by atoms with Gasteiger partial charge in [-0.3, -0.25) is 4.98 Å². The first-order valence-corrected chi connectivity index (χ1v) is 7.11. The third kappa shape index (κ3) is 4.07. The van der Waals surface area contributed by atoms with Crippen LogP contribution in [-0.4, -0.2) is 24.2 Å². The maximum absolute atomic E-state index is 6.05. The molecule has 1 aromatic rings. The van der Waals surface area contributed by atoms with Gasteiger partial charge in [0, 0.05) is 18.3 Å². The predicted octanol–water partition coefficient (Wildman–Crippen LogP) is 2.55. The highest BCUT2D eigenvalue weighted by Gasteiger charge is 2.22. The van der Waals surface area contributed by atoms with Crippen molar-refractivity contribution < 1.29 is 4.74 Å². The molecule has 1 aliphatic carbocycles. The van der Waals surface area contributed by atoms with E-state index < -0.39 is 0 Å². The number of hydrogen-bond donors (Lipinski definition) is 1. The summed E-state index contributed by atoms with van der Waals surface area (Å²) < 4.78 is 6.05. The fourth-order valence-corrected chi connectivity index (χ4v) is 2.70. The van der Waals surface area contributed by atoms with Crippen LogP contribution in [0.5, 0.6) is 0 Å². The molecule has 100 valence electrons. The molecule has 0 amide bonds. The molecule has 1 saturated carbocycles. The van der Waals surface area contributed by atoms with Gasteiger partial charge >= 0.3 is 0 Å². The Labute approximate surface area is 110 Å². The van der Waals surface area contributed by atoms with Crippen LogP contribution in [0.4, 0.5) is 0 Å². The number of nitrogens with zero attached hydrogens (tertiary/aromatic N) is 1. The third-order valence-electron chi connectivity index (χ3n) is 3.81. The van der Waals surface area contributed by atoms with Gasteiger partial charge in [0.25, 0.3) is 0 Å². The van der Waals surface area contributed by atoms with E-state index in [1.54, 1.807) is 0 Å². The van der Waals surface area contributed by atoms with Crippen molar-refractivity contribution in [2.24, 2.45) is 11.7 Å². The molecule has 1 heterocycles. The Morgan fingerprint density at radius 2 is 2.11 bits per heavy atom. The highest BCUT2D eigenvalue weighted by atomic mass is 16.5. The molecule has 1 aliphatic rings. The molecule has 2 N–H and O–H groups in total. The van der Waals surface area contributed by atoms with Gasteiger partial charge in [0.1, 0.15) is 0 Å². The van der Waals surface area contributed by atoms with Crippen LogP contribution >= 0.6 is 0 Å². The number of hydrogen-bond acceptors (Lipinski definition) is 3. The van der Waals surface area contributed by atoms with Crippen molar-refractivity contribution in [3.05, 3.63) is 30.1 Å². The van der Waals surface area contributed by atoms with Crippen LogP contribution in [0.1, 0.15) is 37.8 Å². The molecule has 0 aliphatic heterocycles. The van der Waals surface area contributed by atoms with Crippen molar-refractivity contribution in [1.82, 2.24) is 4.98 Å². The highest BCUT2D eigenvalue weighted by Crippen LogP contribution is 2.25. The van der Waals surface area contributed by atoms with Crippen LogP contribution in [0, 0.1) is 5.92 Å². The molecule has 0 spiro atoms. The number of rotatable bonds is 5. The first-order chi connectivity index (χ1) is 8.90. The number of nitrogens with two attached hydrogens (primary N) is 1. The Hall–Kier alpha value is -0.930. The summed E-state index contributed by atoms with van der Waals surface area (Å²) in [7, 11) is 0. The summed E-state index contributed by atoms with van der Waals surface area (Å²) in [5.74, 6) is 0.552. The van der Waals surface area contributed by atoms with Gasteiger partial charge in [-0.2, -0.15) is 0 Å². The van der Waals surface area contributed by atoms with Crippen molar-refractivity contribution in [2.45, 2.75) is 44.6 Å². The monoisotopic (exact) mass is 248 g/mol. The smallest absolute Gasteiger partial charge is 0.0615 e.